The number of hydrogen-bond donors (Lipinski definition) is 1. The van der Waals surface area contributed by atoms with Gasteiger partial charge in [0.1, 0.15) is 17.2 Å². The van der Waals surface area contributed by atoms with Crippen molar-refractivity contribution in [3.63, 3.8) is 0 Å². The van der Waals surface area contributed by atoms with Gasteiger partial charge in [-0.15, -0.1) is 0 Å². The average molecular weight is 624 g/mol. The first-order valence-corrected chi connectivity index (χ1v) is 15.2. The minimum atomic E-state index is -1.45. The summed E-state index contributed by atoms with van der Waals surface area (Å²) in [6, 6.07) is 25.1. The predicted octanol–water partition coefficient (Wildman–Crippen LogP) is 7.76. The van der Waals surface area contributed by atoms with Crippen LogP contribution in [0, 0.1) is 5.92 Å². The third kappa shape index (κ3) is 4.20. The van der Waals surface area contributed by atoms with E-state index >= 15 is 0 Å². The van der Waals surface area contributed by atoms with E-state index in [-0.39, 0.29) is 28.4 Å². The highest BCUT2D eigenvalue weighted by molar-refractivity contribution is 6.37. The number of carbonyl (C=O) groups excluding carboxylic acids is 3. The van der Waals surface area contributed by atoms with Crippen molar-refractivity contribution < 1.29 is 19.1 Å². The van der Waals surface area contributed by atoms with Crippen molar-refractivity contribution in [2.24, 2.45) is 5.92 Å². The third-order valence-corrected chi connectivity index (χ3v) is 9.38. The van der Waals surface area contributed by atoms with Crippen molar-refractivity contribution in [1.82, 2.24) is 4.90 Å². The predicted molar refractivity (Wildman–Crippen MR) is 171 cm³/mol. The van der Waals surface area contributed by atoms with E-state index < -0.39 is 29.2 Å². The highest BCUT2D eigenvalue weighted by Crippen LogP contribution is 2.62. The lowest BCUT2D eigenvalue weighted by atomic mass is 9.62. The molecule has 1 N–H and O–H groups in total. The second-order valence-corrected chi connectivity index (χ2v) is 12.5. The molecule has 0 bridgehead atoms. The lowest BCUT2D eigenvalue weighted by Gasteiger charge is -2.38. The van der Waals surface area contributed by atoms with E-state index in [1.807, 2.05) is 79.6 Å². The van der Waals surface area contributed by atoms with Crippen LogP contribution in [-0.2, 0) is 10.2 Å². The van der Waals surface area contributed by atoms with Crippen LogP contribution in [0.3, 0.4) is 0 Å². The maximum atomic E-state index is 14.9. The summed E-state index contributed by atoms with van der Waals surface area (Å²) in [5.41, 5.74) is 2.23. The molecule has 0 aromatic heterocycles. The molecule has 0 saturated carbocycles. The molecule has 4 atom stereocenters. The standard InChI is InChI=1S/C36H28Cl2N2O4/c1-20(2)44-24-14-11-22(12-15-24)32(41)31-30(33(42)26-16-13-23(37)19-28(26)38)36(27-9-5-6-10-29(27)39-35(36)43)34-25-8-4-3-7-21(25)17-18-40(31)34/h3-20,30-31,34H,1-2H3,(H,39,43)/t30-,31-,34+,36+/m0/s1. The smallest absolute Gasteiger partial charge is 0.238 e. The van der Waals surface area contributed by atoms with Gasteiger partial charge in [0.05, 0.1) is 23.1 Å². The van der Waals surface area contributed by atoms with Gasteiger partial charge in [-0.1, -0.05) is 65.7 Å². The number of amides is 1. The molecule has 0 radical (unpaired) electrons. The van der Waals surface area contributed by atoms with Crippen LogP contribution in [0.4, 0.5) is 5.69 Å². The topological polar surface area (TPSA) is 75.7 Å². The minimum absolute atomic E-state index is 0.0300. The normalized spacial score (nSPS) is 22.9. The molecule has 4 aromatic rings. The van der Waals surface area contributed by atoms with Gasteiger partial charge in [0.15, 0.2) is 11.6 Å². The number of rotatable bonds is 6. The Morgan fingerprint density at radius 1 is 0.909 bits per heavy atom. The Morgan fingerprint density at radius 2 is 1.64 bits per heavy atom. The maximum Gasteiger partial charge on any atom is 0.238 e. The molecule has 1 saturated heterocycles. The van der Waals surface area contributed by atoms with Crippen LogP contribution in [0.1, 0.15) is 57.3 Å². The molecule has 6 nitrogen and oxygen atoms in total. The number of fused-ring (bicyclic) bond motifs is 6. The van der Waals surface area contributed by atoms with Crippen LogP contribution < -0.4 is 10.1 Å². The van der Waals surface area contributed by atoms with Crippen LogP contribution in [0.15, 0.2) is 97.2 Å². The van der Waals surface area contributed by atoms with Gasteiger partial charge in [0, 0.05) is 28.0 Å². The van der Waals surface area contributed by atoms with Crippen LogP contribution in [0.25, 0.3) is 6.08 Å². The fraction of sp³-hybridized carbons (Fsp3) is 0.194. The number of carbonyl (C=O) groups is 3. The van der Waals surface area contributed by atoms with Crippen molar-refractivity contribution in [1.29, 1.82) is 0 Å². The molecular formula is C36H28Cl2N2O4. The minimum Gasteiger partial charge on any atom is -0.491 e. The van der Waals surface area contributed by atoms with Gasteiger partial charge in [-0.2, -0.15) is 0 Å². The number of para-hydroxylation sites is 1. The van der Waals surface area contributed by atoms with E-state index in [4.69, 9.17) is 27.9 Å². The zero-order valence-corrected chi connectivity index (χ0v) is 25.5. The van der Waals surface area contributed by atoms with Crippen LogP contribution >= 0.6 is 23.2 Å². The summed E-state index contributed by atoms with van der Waals surface area (Å²) < 4.78 is 5.80. The zero-order valence-electron chi connectivity index (χ0n) is 24.0. The molecule has 1 spiro atoms. The molecule has 8 heteroatoms. The van der Waals surface area contributed by atoms with E-state index in [9.17, 15) is 14.4 Å². The van der Waals surface area contributed by atoms with Crippen molar-refractivity contribution in [3.8, 4) is 5.75 Å². The molecule has 0 unspecified atom stereocenters. The molecular weight excluding hydrogens is 595 g/mol. The quantitative estimate of drug-likeness (QED) is 0.222. The second-order valence-electron chi connectivity index (χ2n) is 11.6. The highest BCUT2D eigenvalue weighted by Gasteiger charge is 2.70. The van der Waals surface area contributed by atoms with E-state index in [0.717, 1.165) is 11.1 Å². The van der Waals surface area contributed by atoms with Gasteiger partial charge in [-0.05, 0) is 85.1 Å². The van der Waals surface area contributed by atoms with Gasteiger partial charge >= 0.3 is 0 Å². The molecule has 0 aliphatic carbocycles. The fourth-order valence-electron chi connectivity index (χ4n) is 7.17. The summed E-state index contributed by atoms with van der Waals surface area (Å²) in [5.74, 6) is -1.53. The Morgan fingerprint density at radius 3 is 2.39 bits per heavy atom. The van der Waals surface area contributed by atoms with Crippen LogP contribution in [0.5, 0.6) is 5.75 Å². The fourth-order valence-corrected chi connectivity index (χ4v) is 7.67. The Balaban J connectivity index is 1.49. The van der Waals surface area contributed by atoms with Gasteiger partial charge in [0.2, 0.25) is 5.91 Å². The number of hydrogen-bond acceptors (Lipinski definition) is 5. The van der Waals surface area contributed by atoms with Crippen molar-refractivity contribution >= 4 is 52.4 Å². The van der Waals surface area contributed by atoms with Gasteiger partial charge < -0.3 is 15.0 Å². The maximum absolute atomic E-state index is 14.9. The molecule has 1 fully saturated rings. The number of ketones is 2. The monoisotopic (exact) mass is 622 g/mol. The van der Waals surface area contributed by atoms with E-state index in [2.05, 4.69) is 5.32 Å². The largest absolute Gasteiger partial charge is 0.491 e. The molecule has 3 aliphatic heterocycles. The number of anilines is 1. The molecule has 4 aromatic carbocycles. The number of nitrogens with zero attached hydrogens (tertiary/aromatic N) is 1. The number of benzene rings is 4. The third-order valence-electron chi connectivity index (χ3n) is 8.83. The van der Waals surface area contributed by atoms with Gasteiger partial charge in [-0.25, -0.2) is 0 Å². The van der Waals surface area contributed by atoms with Crippen molar-refractivity contribution in [2.45, 2.75) is 37.5 Å². The van der Waals surface area contributed by atoms with Crippen LogP contribution in [0.2, 0.25) is 10.0 Å². The van der Waals surface area contributed by atoms with E-state index in [1.54, 1.807) is 36.4 Å². The van der Waals surface area contributed by atoms with E-state index in [0.29, 0.717) is 27.6 Å². The van der Waals surface area contributed by atoms with Gasteiger partial charge in [0.25, 0.3) is 0 Å². The average Bonchev–Trinajstić information content (AvgIpc) is 3.49. The lowest BCUT2D eigenvalue weighted by molar-refractivity contribution is -0.122. The molecule has 44 heavy (non-hydrogen) atoms. The first kappa shape index (κ1) is 28.4. The Hall–Kier alpha value is -4.39. The van der Waals surface area contributed by atoms with Crippen molar-refractivity contribution in [2.75, 3.05) is 5.32 Å². The van der Waals surface area contributed by atoms with Crippen LogP contribution in [-0.4, -0.2) is 34.5 Å². The zero-order chi connectivity index (χ0) is 30.7. The van der Waals surface area contributed by atoms with Gasteiger partial charge in [-0.3, -0.25) is 14.4 Å². The first-order chi connectivity index (χ1) is 21.2. The number of Topliss-reactive ketones (excluding diaryl/α,β-unsaturated/α-hetero) is 2. The number of halogens is 2. The second kappa shape index (κ2) is 10.7. The molecule has 1 amide bonds. The summed E-state index contributed by atoms with van der Waals surface area (Å²) in [4.78, 5) is 46.1. The molecule has 220 valence electrons. The first-order valence-electron chi connectivity index (χ1n) is 14.5. The van der Waals surface area contributed by atoms with Crippen molar-refractivity contribution in [3.05, 3.63) is 135 Å². The summed E-state index contributed by atoms with van der Waals surface area (Å²) >= 11 is 12.8. The summed E-state index contributed by atoms with van der Waals surface area (Å²) in [6.45, 7) is 3.86. The summed E-state index contributed by atoms with van der Waals surface area (Å²) in [5, 5.41) is 3.59. The number of nitrogens with one attached hydrogen (secondary N) is 1. The molecule has 7 rings (SSSR count). The number of ether oxygens (including phenoxy) is 1. The molecule has 3 aliphatic rings. The highest BCUT2D eigenvalue weighted by atomic mass is 35.5. The molecule has 3 heterocycles. The van der Waals surface area contributed by atoms with E-state index in [1.165, 1.54) is 6.07 Å². The summed E-state index contributed by atoms with van der Waals surface area (Å²) in [7, 11) is 0. The Labute approximate surface area is 265 Å². The lowest BCUT2D eigenvalue weighted by Crippen LogP contribution is -2.49. The SMILES string of the molecule is CC(C)Oc1ccc(C(=O)[C@@H]2[C@@H](C(=O)c3ccc(Cl)cc3Cl)[C@@]3(C(=O)Nc4ccccc43)[C@H]3c4ccccc4C=CN23)cc1. The Bertz CT molecular complexity index is 1870. The Kier molecular flexibility index (Phi) is 6.87. The summed E-state index contributed by atoms with van der Waals surface area (Å²) in [6.07, 6.45) is 3.75.